The third-order valence-corrected chi connectivity index (χ3v) is 2.16. The van der Waals surface area contributed by atoms with Crippen molar-refractivity contribution < 1.29 is 9.59 Å². The average Bonchev–Trinajstić information content (AvgIpc) is 2.16. The van der Waals surface area contributed by atoms with Crippen LogP contribution in [0.25, 0.3) is 0 Å². The minimum atomic E-state index is -0.205. The van der Waals surface area contributed by atoms with Crippen LogP contribution in [-0.2, 0) is 11.2 Å². The lowest BCUT2D eigenvalue weighted by Crippen LogP contribution is -2.07. The first-order valence-electron chi connectivity index (χ1n) is 5.46. The molecule has 0 N–H and O–H groups in total. The highest BCUT2D eigenvalue weighted by Gasteiger charge is 2.09. The smallest absolute Gasteiger partial charge is 0.188 e. The van der Waals surface area contributed by atoms with E-state index in [1.807, 2.05) is 6.07 Å². The maximum atomic E-state index is 11.5. The predicted octanol–water partition coefficient (Wildman–Crippen LogP) is 2.44. The summed E-state index contributed by atoms with van der Waals surface area (Å²) in [6.45, 7) is 5.68. The van der Waals surface area contributed by atoms with Gasteiger partial charge >= 0.3 is 0 Å². The van der Waals surface area contributed by atoms with Gasteiger partial charge in [0.1, 0.15) is 11.5 Å². The number of hydrogen-bond acceptors (Lipinski definition) is 3. The molecule has 0 atom stereocenters. The molecule has 0 unspecified atom stereocenters. The first kappa shape index (κ1) is 12.6. The third-order valence-electron chi connectivity index (χ3n) is 2.16. The van der Waals surface area contributed by atoms with E-state index >= 15 is 0 Å². The molecule has 1 aromatic rings. The van der Waals surface area contributed by atoms with Gasteiger partial charge in [-0.2, -0.15) is 0 Å². The number of Topliss-reactive ketones (excluding diaryl/α,β-unsaturated/α-hetero) is 2. The van der Waals surface area contributed by atoms with Crippen LogP contribution in [0.3, 0.4) is 0 Å². The van der Waals surface area contributed by atoms with Crippen LogP contribution >= 0.6 is 0 Å². The molecule has 3 nitrogen and oxygen atoms in total. The fourth-order valence-corrected chi connectivity index (χ4v) is 1.50. The van der Waals surface area contributed by atoms with Gasteiger partial charge in [0.25, 0.3) is 0 Å². The molecule has 0 aliphatic rings. The van der Waals surface area contributed by atoms with Crippen molar-refractivity contribution in [2.45, 2.75) is 33.6 Å². The Balaban J connectivity index is 2.71. The average molecular weight is 219 g/mol. The van der Waals surface area contributed by atoms with Crippen LogP contribution in [0.4, 0.5) is 0 Å². The third kappa shape index (κ3) is 3.93. The summed E-state index contributed by atoms with van der Waals surface area (Å²) in [6, 6.07) is 3.60. The van der Waals surface area contributed by atoms with Gasteiger partial charge in [-0.15, -0.1) is 0 Å². The summed E-state index contributed by atoms with van der Waals surface area (Å²) in [6.07, 6.45) is 2.61. The van der Waals surface area contributed by atoms with E-state index in [0.29, 0.717) is 11.6 Å². The lowest BCUT2D eigenvalue weighted by atomic mass is 10.0. The Morgan fingerprint density at radius 2 is 2.00 bits per heavy atom. The fourth-order valence-electron chi connectivity index (χ4n) is 1.50. The number of hydrogen-bond donors (Lipinski definition) is 0. The Hall–Kier alpha value is -1.51. The Morgan fingerprint density at radius 3 is 2.44 bits per heavy atom. The highest BCUT2D eigenvalue weighted by Crippen LogP contribution is 2.08. The van der Waals surface area contributed by atoms with Gasteiger partial charge in [0, 0.05) is 6.20 Å². The van der Waals surface area contributed by atoms with Gasteiger partial charge in [-0.3, -0.25) is 14.6 Å². The quantitative estimate of drug-likeness (QED) is 0.564. The molecular formula is C13H17NO2. The van der Waals surface area contributed by atoms with E-state index < -0.39 is 0 Å². The van der Waals surface area contributed by atoms with E-state index in [9.17, 15) is 9.59 Å². The van der Waals surface area contributed by atoms with Crippen molar-refractivity contribution in [1.29, 1.82) is 0 Å². The van der Waals surface area contributed by atoms with Crippen LogP contribution in [0.1, 0.15) is 43.2 Å². The van der Waals surface area contributed by atoms with Crippen molar-refractivity contribution in [3.8, 4) is 0 Å². The molecule has 0 amide bonds. The standard InChI is InChI=1S/C13H17NO2/c1-9(2)6-11-4-5-12(14-8-11)13(16)7-10(3)15/h4-5,8-9H,6-7H2,1-3H3. The van der Waals surface area contributed by atoms with Crippen molar-refractivity contribution in [3.63, 3.8) is 0 Å². The van der Waals surface area contributed by atoms with Crippen LogP contribution in [-0.4, -0.2) is 16.6 Å². The number of rotatable bonds is 5. The Labute approximate surface area is 95.9 Å². The summed E-state index contributed by atoms with van der Waals surface area (Å²) in [5, 5.41) is 0. The summed E-state index contributed by atoms with van der Waals surface area (Å²) in [5.74, 6) is 0.238. The van der Waals surface area contributed by atoms with Crippen molar-refractivity contribution >= 4 is 11.6 Å². The first-order chi connectivity index (χ1) is 7.49. The van der Waals surface area contributed by atoms with E-state index in [-0.39, 0.29) is 18.0 Å². The van der Waals surface area contributed by atoms with Crippen molar-refractivity contribution in [2.75, 3.05) is 0 Å². The molecule has 0 aromatic carbocycles. The molecule has 0 fully saturated rings. The monoisotopic (exact) mass is 219 g/mol. The zero-order valence-corrected chi connectivity index (χ0v) is 9.99. The second kappa shape index (κ2) is 5.54. The summed E-state index contributed by atoms with van der Waals surface area (Å²) in [7, 11) is 0. The van der Waals surface area contributed by atoms with E-state index in [0.717, 1.165) is 12.0 Å². The van der Waals surface area contributed by atoms with Crippen LogP contribution in [0, 0.1) is 5.92 Å². The molecule has 0 radical (unpaired) electrons. The lowest BCUT2D eigenvalue weighted by molar-refractivity contribution is -0.116. The number of carbonyl (C=O) groups is 2. The molecule has 16 heavy (non-hydrogen) atoms. The molecule has 0 saturated carbocycles. The predicted molar refractivity (Wildman–Crippen MR) is 62.4 cm³/mol. The SMILES string of the molecule is CC(=O)CC(=O)c1ccc(CC(C)C)cn1. The molecule has 0 aliphatic carbocycles. The Bertz CT molecular complexity index is 379. The molecule has 0 bridgehead atoms. The topological polar surface area (TPSA) is 47.0 Å². The molecule has 0 spiro atoms. The number of ketones is 2. The normalized spacial score (nSPS) is 10.5. The maximum absolute atomic E-state index is 11.5. The molecule has 0 saturated heterocycles. The second-order valence-electron chi connectivity index (χ2n) is 4.45. The first-order valence-corrected chi connectivity index (χ1v) is 5.46. The van der Waals surface area contributed by atoms with Gasteiger partial charge in [-0.25, -0.2) is 0 Å². The zero-order chi connectivity index (χ0) is 12.1. The maximum Gasteiger partial charge on any atom is 0.188 e. The molecule has 1 heterocycles. The van der Waals surface area contributed by atoms with Crippen LogP contribution in [0.5, 0.6) is 0 Å². The Morgan fingerprint density at radius 1 is 1.31 bits per heavy atom. The van der Waals surface area contributed by atoms with Crippen molar-refractivity contribution in [1.82, 2.24) is 4.98 Å². The van der Waals surface area contributed by atoms with E-state index in [2.05, 4.69) is 18.8 Å². The van der Waals surface area contributed by atoms with E-state index in [1.54, 1.807) is 12.3 Å². The number of carbonyl (C=O) groups excluding carboxylic acids is 2. The Kier molecular flexibility index (Phi) is 4.35. The van der Waals surface area contributed by atoms with Crippen molar-refractivity contribution in [2.24, 2.45) is 5.92 Å². The van der Waals surface area contributed by atoms with Gasteiger partial charge in [-0.05, 0) is 30.9 Å². The minimum absolute atomic E-state index is 0.0590. The molecular weight excluding hydrogens is 202 g/mol. The molecule has 1 rings (SSSR count). The largest absolute Gasteiger partial charge is 0.300 e. The molecule has 1 aromatic heterocycles. The fraction of sp³-hybridized carbons (Fsp3) is 0.462. The summed E-state index contributed by atoms with van der Waals surface area (Å²) >= 11 is 0. The summed E-state index contributed by atoms with van der Waals surface area (Å²) in [5.41, 5.74) is 1.50. The highest BCUT2D eigenvalue weighted by molar-refractivity contribution is 6.06. The molecule has 3 heteroatoms. The van der Waals surface area contributed by atoms with E-state index in [1.165, 1.54) is 6.92 Å². The summed E-state index contributed by atoms with van der Waals surface area (Å²) < 4.78 is 0. The number of nitrogens with zero attached hydrogens (tertiary/aromatic N) is 1. The second-order valence-corrected chi connectivity index (χ2v) is 4.45. The van der Waals surface area contributed by atoms with Crippen LogP contribution in [0.15, 0.2) is 18.3 Å². The molecule has 86 valence electrons. The number of pyridine rings is 1. The van der Waals surface area contributed by atoms with Crippen LogP contribution in [0.2, 0.25) is 0 Å². The minimum Gasteiger partial charge on any atom is -0.300 e. The van der Waals surface area contributed by atoms with E-state index in [4.69, 9.17) is 0 Å². The lowest BCUT2D eigenvalue weighted by Gasteiger charge is -2.04. The van der Waals surface area contributed by atoms with Gasteiger partial charge in [0.05, 0.1) is 6.42 Å². The van der Waals surface area contributed by atoms with Crippen LogP contribution < -0.4 is 0 Å². The van der Waals surface area contributed by atoms with Gasteiger partial charge in [0.15, 0.2) is 5.78 Å². The van der Waals surface area contributed by atoms with Gasteiger partial charge in [0.2, 0.25) is 0 Å². The molecule has 0 aliphatic heterocycles. The highest BCUT2D eigenvalue weighted by atomic mass is 16.1. The number of aromatic nitrogens is 1. The van der Waals surface area contributed by atoms with Crippen molar-refractivity contribution in [3.05, 3.63) is 29.6 Å². The van der Waals surface area contributed by atoms with Gasteiger partial charge in [-0.1, -0.05) is 19.9 Å². The zero-order valence-electron chi connectivity index (χ0n) is 9.99. The summed E-state index contributed by atoms with van der Waals surface area (Å²) in [4.78, 5) is 26.4. The van der Waals surface area contributed by atoms with Gasteiger partial charge < -0.3 is 0 Å².